The molecule has 128 valence electrons. The molecule has 0 radical (unpaired) electrons. The summed E-state index contributed by atoms with van der Waals surface area (Å²) in [5, 5.41) is 6.94. The lowest BCUT2D eigenvalue weighted by molar-refractivity contribution is -0.118. The summed E-state index contributed by atoms with van der Waals surface area (Å²) in [6.07, 6.45) is 4.30. The zero-order valence-corrected chi connectivity index (χ0v) is 13.4. The van der Waals surface area contributed by atoms with Crippen molar-refractivity contribution in [2.75, 3.05) is 11.9 Å². The third-order valence-corrected chi connectivity index (χ3v) is 3.41. The molecule has 2 heterocycles. The van der Waals surface area contributed by atoms with E-state index in [0.717, 1.165) is 12.1 Å². The van der Waals surface area contributed by atoms with Crippen LogP contribution in [0.3, 0.4) is 0 Å². The van der Waals surface area contributed by atoms with Gasteiger partial charge in [0.2, 0.25) is 0 Å². The number of nitrogens with one attached hydrogen (secondary N) is 1. The lowest BCUT2D eigenvalue weighted by Crippen LogP contribution is -2.20. The molecule has 25 heavy (non-hydrogen) atoms. The predicted molar refractivity (Wildman–Crippen MR) is 90.7 cm³/mol. The molecule has 0 aliphatic rings. The van der Waals surface area contributed by atoms with Crippen LogP contribution in [0, 0.1) is 5.82 Å². The van der Waals surface area contributed by atoms with Crippen LogP contribution in [0.1, 0.15) is 5.69 Å². The second-order valence-corrected chi connectivity index (χ2v) is 5.33. The Morgan fingerprint density at radius 2 is 2.00 bits per heavy atom. The number of halogens is 1. The van der Waals surface area contributed by atoms with E-state index in [1.165, 1.54) is 24.3 Å². The van der Waals surface area contributed by atoms with Gasteiger partial charge in [-0.15, -0.1) is 0 Å². The Hall–Kier alpha value is -3.22. The summed E-state index contributed by atoms with van der Waals surface area (Å²) in [4.78, 5) is 16.1. The maximum Gasteiger partial charge on any atom is 0.263 e. The van der Waals surface area contributed by atoms with Crippen LogP contribution in [0.5, 0.6) is 5.75 Å². The molecule has 0 aliphatic carbocycles. The van der Waals surface area contributed by atoms with E-state index in [4.69, 9.17) is 4.74 Å². The number of nitrogens with zero attached hydrogens (tertiary/aromatic N) is 3. The molecular formula is C18H17FN4O2. The Morgan fingerprint density at radius 3 is 2.76 bits per heavy atom. The molecule has 3 aromatic rings. The number of ether oxygens (including phenoxy) is 1. The van der Waals surface area contributed by atoms with Gasteiger partial charge in [0.1, 0.15) is 11.6 Å². The number of anilines is 1. The van der Waals surface area contributed by atoms with Crippen molar-refractivity contribution in [1.82, 2.24) is 14.8 Å². The van der Waals surface area contributed by atoms with Gasteiger partial charge in [0.15, 0.2) is 12.4 Å². The van der Waals surface area contributed by atoms with E-state index in [-0.39, 0.29) is 18.3 Å². The van der Waals surface area contributed by atoms with Crippen LogP contribution in [-0.2, 0) is 17.8 Å². The van der Waals surface area contributed by atoms with Gasteiger partial charge < -0.3 is 10.1 Å². The summed E-state index contributed by atoms with van der Waals surface area (Å²) in [6, 6.07) is 13.0. The molecule has 2 aromatic heterocycles. The average Bonchev–Trinajstić information content (AvgIpc) is 3.08. The molecule has 0 saturated carbocycles. The van der Waals surface area contributed by atoms with E-state index < -0.39 is 0 Å². The summed E-state index contributed by atoms with van der Waals surface area (Å²) < 4.78 is 19.8. The highest BCUT2D eigenvalue weighted by Gasteiger charge is 2.07. The number of benzene rings is 1. The first-order chi connectivity index (χ1) is 12.2. The van der Waals surface area contributed by atoms with Crippen molar-refractivity contribution in [3.8, 4) is 5.75 Å². The normalized spacial score (nSPS) is 10.4. The molecule has 0 spiro atoms. The average molecular weight is 340 g/mol. The fourth-order valence-electron chi connectivity index (χ4n) is 2.19. The minimum absolute atomic E-state index is 0.174. The first kappa shape index (κ1) is 16.6. The third kappa shape index (κ3) is 5.13. The fourth-order valence-corrected chi connectivity index (χ4v) is 2.19. The van der Waals surface area contributed by atoms with Crippen molar-refractivity contribution in [2.45, 2.75) is 13.0 Å². The number of amides is 1. The second kappa shape index (κ2) is 8.05. The van der Waals surface area contributed by atoms with Gasteiger partial charge in [-0.2, -0.15) is 5.10 Å². The van der Waals surface area contributed by atoms with Gasteiger partial charge in [-0.1, -0.05) is 6.07 Å². The van der Waals surface area contributed by atoms with Gasteiger partial charge >= 0.3 is 0 Å². The Bertz CT molecular complexity index is 819. The van der Waals surface area contributed by atoms with Crippen LogP contribution in [0.25, 0.3) is 0 Å². The summed E-state index contributed by atoms with van der Waals surface area (Å²) in [5.41, 5.74) is 0.983. The highest BCUT2D eigenvalue weighted by atomic mass is 19.1. The van der Waals surface area contributed by atoms with Crippen molar-refractivity contribution in [3.63, 3.8) is 0 Å². The van der Waals surface area contributed by atoms with Crippen molar-refractivity contribution in [1.29, 1.82) is 0 Å². The minimum atomic E-state index is -0.354. The molecule has 0 saturated heterocycles. The number of aromatic nitrogens is 3. The van der Waals surface area contributed by atoms with E-state index in [0.29, 0.717) is 18.1 Å². The van der Waals surface area contributed by atoms with Crippen LogP contribution in [0.4, 0.5) is 10.2 Å². The molecule has 7 heteroatoms. The Kier molecular flexibility index (Phi) is 5.36. The Balaban J connectivity index is 1.45. The number of carbonyl (C=O) groups excluding carboxylic acids is 1. The van der Waals surface area contributed by atoms with Crippen molar-refractivity contribution < 1.29 is 13.9 Å². The molecule has 0 fully saturated rings. The SMILES string of the molecule is O=C(COc1ccc(F)cc1)Nc1ccn(CCc2ccccn2)n1. The van der Waals surface area contributed by atoms with Crippen LogP contribution >= 0.6 is 0 Å². The summed E-state index contributed by atoms with van der Waals surface area (Å²) >= 11 is 0. The smallest absolute Gasteiger partial charge is 0.263 e. The van der Waals surface area contributed by atoms with Crippen molar-refractivity contribution in [3.05, 3.63) is 72.4 Å². The molecule has 1 amide bonds. The van der Waals surface area contributed by atoms with Gasteiger partial charge in [0, 0.05) is 37.1 Å². The maximum atomic E-state index is 12.8. The topological polar surface area (TPSA) is 69.0 Å². The van der Waals surface area contributed by atoms with Crippen molar-refractivity contribution in [2.24, 2.45) is 0 Å². The van der Waals surface area contributed by atoms with Gasteiger partial charge in [-0.3, -0.25) is 14.5 Å². The predicted octanol–water partition coefficient (Wildman–Crippen LogP) is 2.68. The van der Waals surface area contributed by atoms with Gasteiger partial charge in [-0.05, 0) is 36.4 Å². The molecule has 0 unspecified atom stereocenters. The first-order valence-corrected chi connectivity index (χ1v) is 7.80. The molecule has 3 rings (SSSR count). The van der Waals surface area contributed by atoms with Crippen molar-refractivity contribution >= 4 is 11.7 Å². The number of hydrogen-bond acceptors (Lipinski definition) is 4. The fraction of sp³-hybridized carbons (Fsp3) is 0.167. The lowest BCUT2D eigenvalue weighted by atomic mass is 10.3. The molecule has 1 aromatic carbocycles. The first-order valence-electron chi connectivity index (χ1n) is 7.80. The quantitative estimate of drug-likeness (QED) is 0.718. The summed E-state index contributed by atoms with van der Waals surface area (Å²) in [7, 11) is 0. The van der Waals surface area contributed by atoms with Gasteiger partial charge in [-0.25, -0.2) is 4.39 Å². The third-order valence-electron chi connectivity index (χ3n) is 3.41. The Morgan fingerprint density at radius 1 is 1.16 bits per heavy atom. The zero-order chi connectivity index (χ0) is 17.5. The van der Waals surface area contributed by atoms with Gasteiger partial charge in [0.25, 0.3) is 5.91 Å². The van der Waals surface area contributed by atoms with E-state index in [2.05, 4.69) is 15.4 Å². The molecule has 0 bridgehead atoms. The highest BCUT2D eigenvalue weighted by molar-refractivity contribution is 5.90. The number of rotatable bonds is 7. The van der Waals surface area contributed by atoms with Crippen LogP contribution < -0.4 is 10.1 Å². The monoisotopic (exact) mass is 340 g/mol. The molecule has 1 N–H and O–H groups in total. The summed E-state index contributed by atoms with van der Waals surface area (Å²) in [6.45, 7) is 0.491. The standard InChI is InChI=1S/C18H17FN4O2/c19-14-4-6-16(7-5-14)25-13-18(24)21-17-9-12-23(22-17)11-8-15-3-1-2-10-20-15/h1-7,9-10,12H,8,11,13H2,(H,21,22,24). The van der Waals surface area contributed by atoms with Crippen LogP contribution in [0.2, 0.25) is 0 Å². The van der Waals surface area contributed by atoms with E-state index in [9.17, 15) is 9.18 Å². The van der Waals surface area contributed by atoms with Crippen LogP contribution in [0.15, 0.2) is 60.9 Å². The Labute approximate surface area is 144 Å². The number of hydrogen-bond donors (Lipinski definition) is 1. The summed E-state index contributed by atoms with van der Waals surface area (Å²) in [5.74, 6) is 0.193. The zero-order valence-electron chi connectivity index (χ0n) is 13.4. The molecule has 0 atom stereocenters. The molecular weight excluding hydrogens is 323 g/mol. The lowest BCUT2D eigenvalue weighted by Gasteiger charge is -2.06. The minimum Gasteiger partial charge on any atom is -0.484 e. The maximum absolute atomic E-state index is 12.8. The molecule has 6 nitrogen and oxygen atoms in total. The number of pyridine rings is 1. The van der Waals surface area contributed by atoms with Gasteiger partial charge in [0.05, 0.1) is 0 Å². The van der Waals surface area contributed by atoms with E-state index in [1.54, 1.807) is 23.1 Å². The second-order valence-electron chi connectivity index (χ2n) is 5.33. The van der Waals surface area contributed by atoms with E-state index in [1.807, 2.05) is 18.2 Å². The number of aryl methyl sites for hydroxylation is 2. The highest BCUT2D eigenvalue weighted by Crippen LogP contribution is 2.11. The largest absolute Gasteiger partial charge is 0.484 e. The van der Waals surface area contributed by atoms with E-state index >= 15 is 0 Å². The molecule has 0 aliphatic heterocycles. The van der Waals surface area contributed by atoms with Crippen LogP contribution in [-0.4, -0.2) is 27.3 Å². The number of carbonyl (C=O) groups is 1.